The number of sulfonamides is 1. The Morgan fingerprint density at radius 3 is 2.47 bits per heavy atom. The molecule has 0 amide bonds. The van der Waals surface area contributed by atoms with E-state index in [4.69, 9.17) is 11.6 Å². The van der Waals surface area contributed by atoms with Crippen LogP contribution < -0.4 is 4.72 Å². The number of hydrogen-bond donors (Lipinski definition) is 1. The van der Waals surface area contributed by atoms with Crippen LogP contribution in [-0.2, 0) is 16.4 Å². The number of nitrogens with zero attached hydrogens (tertiary/aromatic N) is 1. The van der Waals surface area contributed by atoms with Gasteiger partial charge < -0.3 is 0 Å². The van der Waals surface area contributed by atoms with E-state index in [0.717, 1.165) is 12.0 Å². The van der Waals surface area contributed by atoms with E-state index in [1.807, 2.05) is 6.92 Å². The number of hydrogen-bond acceptors (Lipinski definition) is 3. The SMILES string of the molecule is CCc1ccc(S(=O)(=O)Nc2cc(Cl)ccn2)cc1. The zero-order valence-corrected chi connectivity index (χ0v) is 11.9. The van der Waals surface area contributed by atoms with E-state index in [9.17, 15) is 8.42 Å². The number of rotatable bonds is 4. The Morgan fingerprint density at radius 2 is 1.89 bits per heavy atom. The normalized spacial score (nSPS) is 11.3. The van der Waals surface area contributed by atoms with Crippen LogP contribution in [0.3, 0.4) is 0 Å². The highest BCUT2D eigenvalue weighted by Gasteiger charge is 2.14. The van der Waals surface area contributed by atoms with Crippen LogP contribution >= 0.6 is 11.6 Å². The minimum Gasteiger partial charge on any atom is -0.263 e. The van der Waals surface area contributed by atoms with Gasteiger partial charge in [-0.2, -0.15) is 0 Å². The van der Waals surface area contributed by atoms with Crippen LogP contribution in [0, 0.1) is 0 Å². The maximum absolute atomic E-state index is 12.1. The molecule has 0 bridgehead atoms. The average molecular weight is 297 g/mol. The summed E-state index contributed by atoms with van der Waals surface area (Å²) < 4.78 is 26.6. The van der Waals surface area contributed by atoms with Crippen molar-refractivity contribution in [3.05, 3.63) is 53.2 Å². The van der Waals surface area contributed by atoms with Gasteiger partial charge in [-0.3, -0.25) is 4.72 Å². The van der Waals surface area contributed by atoms with E-state index in [2.05, 4.69) is 9.71 Å². The van der Waals surface area contributed by atoms with Gasteiger partial charge in [-0.1, -0.05) is 30.7 Å². The maximum atomic E-state index is 12.1. The second-order valence-corrected chi connectivity index (χ2v) is 6.08. The Kier molecular flexibility index (Phi) is 4.07. The Bertz CT molecular complexity index is 669. The number of pyridine rings is 1. The summed E-state index contributed by atoms with van der Waals surface area (Å²) in [5.74, 6) is 0.201. The van der Waals surface area contributed by atoms with Crippen molar-refractivity contribution >= 4 is 27.4 Å². The van der Waals surface area contributed by atoms with E-state index in [1.54, 1.807) is 30.3 Å². The third-order valence-corrected chi connectivity index (χ3v) is 4.21. The Balaban J connectivity index is 2.27. The summed E-state index contributed by atoms with van der Waals surface area (Å²) in [6, 6.07) is 9.77. The molecule has 1 N–H and O–H groups in total. The molecule has 0 saturated carbocycles. The van der Waals surface area contributed by atoms with E-state index in [-0.39, 0.29) is 10.7 Å². The van der Waals surface area contributed by atoms with Gasteiger partial charge in [-0.15, -0.1) is 0 Å². The molecule has 1 heterocycles. The fourth-order valence-corrected chi connectivity index (χ4v) is 2.72. The molecular weight excluding hydrogens is 284 g/mol. The van der Waals surface area contributed by atoms with Crippen molar-refractivity contribution in [2.24, 2.45) is 0 Å². The molecule has 0 aliphatic heterocycles. The van der Waals surface area contributed by atoms with Crippen LogP contribution in [-0.4, -0.2) is 13.4 Å². The predicted molar refractivity (Wildman–Crippen MR) is 75.9 cm³/mol. The van der Waals surface area contributed by atoms with Crippen molar-refractivity contribution in [1.29, 1.82) is 0 Å². The highest BCUT2D eigenvalue weighted by Crippen LogP contribution is 2.17. The summed E-state index contributed by atoms with van der Waals surface area (Å²) in [5, 5.41) is 0.425. The fraction of sp³-hybridized carbons (Fsp3) is 0.154. The van der Waals surface area contributed by atoms with E-state index in [1.165, 1.54) is 12.3 Å². The standard InChI is InChI=1S/C13H13ClN2O2S/c1-2-10-3-5-12(6-4-10)19(17,18)16-13-9-11(14)7-8-15-13/h3-9H,2H2,1H3,(H,15,16). The Morgan fingerprint density at radius 1 is 1.21 bits per heavy atom. The van der Waals surface area contributed by atoms with Crippen LogP contribution in [0.15, 0.2) is 47.5 Å². The van der Waals surface area contributed by atoms with Crippen LogP contribution in [0.1, 0.15) is 12.5 Å². The van der Waals surface area contributed by atoms with Crippen LogP contribution in [0.4, 0.5) is 5.82 Å². The molecule has 0 fully saturated rings. The molecule has 1 aromatic carbocycles. The van der Waals surface area contributed by atoms with Gasteiger partial charge in [-0.05, 0) is 30.2 Å². The third-order valence-electron chi connectivity index (χ3n) is 2.60. The molecule has 1 aromatic heterocycles. The molecule has 0 spiro atoms. The summed E-state index contributed by atoms with van der Waals surface area (Å²) in [6.07, 6.45) is 2.31. The molecule has 2 aromatic rings. The average Bonchev–Trinajstić information content (AvgIpc) is 2.38. The molecule has 0 radical (unpaired) electrons. The summed E-state index contributed by atoms with van der Waals surface area (Å²) >= 11 is 5.78. The third kappa shape index (κ3) is 3.45. The zero-order chi connectivity index (χ0) is 13.9. The van der Waals surface area contributed by atoms with Gasteiger partial charge in [0.15, 0.2) is 0 Å². The van der Waals surface area contributed by atoms with Crippen LogP contribution in [0.5, 0.6) is 0 Å². The number of aryl methyl sites for hydroxylation is 1. The molecule has 0 aliphatic rings. The fourth-order valence-electron chi connectivity index (χ4n) is 1.56. The maximum Gasteiger partial charge on any atom is 0.263 e. The topological polar surface area (TPSA) is 59.1 Å². The van der Waals surface area contributed by atoms with Gasteiger partial charge in [0.2, 0.25) is 0 Å². The number of benzene rings is 1. The summed E-state index contributed by atoms with van der Waals surface area (Å²) in [5.41, 5.74) is 1.08. The smallest absolute Gasteiger partial charge is 0.263 e. The quantitative estimate of drug-likeness (QED) is 0.943. The lowest BCUT2D eigenvalue weighted by Crippen LogP contribution is -2.13. The van der Waals surface area contributed by atoms with Gasteiger partial charge >= 0.3 is 0 Å². The lowest BCUT2D eigenvalue weighted by atomic mass is 10.2. The number of halogens is 1. The van der Waals surface area contributed by atoms with Crippen molar-refractivity contribution in [2.45, 2.75) is 18.2 Å². The first kappa shape index (κ1) is 13.8. The van der Waals surface area contributed by atoms with Gasteiger partial charge in [0, 0.05) is 17.3 Å². The summed E-state index contributed by atoms with van der Waals surface area (Å²) in [7, 11) is -3.63. The summed E-state index contributed by atoms with van der Waals surface area (Å²) in [6.45, 7) is 2.01. The zero-order valence-electron chi connectivity index (χ0n) is 10.3. The highest BCUT2D eigenvalue weighted by molar-refractivity contribution is 7.92. The van der Waals surface area contributed by atoms with E-state index >= 15 is 0 Å². The predicted octanol–water partition coefficient (Wildman–Crippen LogP) is 3.10. The number of anilines is 1. The second-order valence-electron chi connectivity index (χ2n) is 3.96. The molecule has 2 rings (SSSR count). The molecule has 0 unspecified atom stereocenters. The lowest BCUT2D eigenvalue weighted by Gasteiger charge is -2.07. The van der Waals surface area contributed by atoms with Crippen LogP contribution in [0.25, 0.3) is 0 Å². The molecule has 0 atom stereocenters. The van der Waals surface area contributed by atoms with E-state index < -0.39 is 10.0 Å². The largest absolute Gasteiger partial charge is 0.263 e. The minimum atomic E-state index is -3.63. The second kappa shape index (κ2) is 5.59. The Hall–Kier alpha value is -1.59. The minimum absolute atomic E-state index is 0.200. The monoisotopic (exact) mass is 296 g/mol. The lowest BCUT2D eigenvalue weighted by molar-refractivity contribution is 0.601. The van der Waals surface area contributed by atoms with Gasteiger partial charge in [0.1, 0.15) is 5.82 Å². The van der Waals surface area contributed by atoms with Gasteiger partial charge in [-0.25, -0.2) is 13.4 Å². The van der Waals surface area contributed by atoms with Crippen molar-refractivity contribution in [3.8, 4) is 0 Å². The molecule has 4 nitrogen and oxygen atoms in total. The van der Waals surface area contributed by atoms with Crippen molar-refractivity contribution in [1.82, 2.24) is 4.98 Å². The van der Waals surface area contributed by atoms with Crippen molar-refractivity contribution in [3.63, 3.8) is 0 Å². The molecule has 0 aliphatic carbocycles. The van der Waals surface area contributed by atoms with Gasteiger partial charge in [0.25, 0.3) is 10.0 Å². The van der Waals surface area contributed by atoms with Crippen molar-refractivity contribution < 1.29 is 8.42 Å². The number of aromatic nitrogens is 1. The van der Waals surface area contributed by atoms with Crippen LogP contribution in [0.2, 0.25) is 5.02 Å². The number of nitrogens with one attached hydrogen (secondary N) is 1. The molecule has 0 saturated heterocycles. The summed E-state index contributed by atoms with van der Waals surface area (Å²) in [4.78, 5) is 4.11. The molecule has 6 heteroatoms. The molecule has 100 valence electrons. The first-order valence-electron chi connectivity index (χ1n) is 5.74. The van der Waals surface area contributed by atoms with Gasteiger partial charge in [0.05, 0.1) is 4.90 Å². The molecular formula is C13H13ClN2O2S. The van der Waals surface area contributed by atoms with E-state index in [0.29, 0.717) is 5.02 Å². The molecule has 19 heavy (non-hydrogen) atoms. The first-order valence-corrected chi connectivity index (χ1v) is 7.60. The first-order chi connectivity index (χ1) is 9.01. The Labute approximate surface area is 117 Å². The van der Waals surface area contributed by atoms with Crippen molar-refractivity contribution in [2.75, 3.05) is 4.72 Å². The highest BCUT2D eigenvalue weighted by atomic mass is 35.5.